The standard InChI is InChI=1S/C13H18O.C8H9FO.C6H6.C3H7NO/c1-10(2)13(14)9-11(3)12-7-5-4-6-8-12;1-2-5-8(9)6-3-4-7-10;1-2-4-6-5-3-1;1-3(5)4-2/h4-8,10-11H,9H2,1-3H3;2-3,5-7H,1,4H2;1-6H;1-2H3,(H,4,5)/b;6-3-,8-5+;;. The first-order valence-corrected chi connectivity index (χ1v) is 11.5. The summed E-state index contributed by atoms with van der Waals surface area (Å²) in [5, 5.41) is 2.39. The number of carbonyl (C=O) groups is 3. The van der Waals surface area contributed by atoms with E-state index in [1.807, 2.05) is 68.4 Å². The van der Waals surface area contributed by atoms with Crippen LogP contribution in [-0.2, 0) is 14.4 Å². The molecule has 4 nitrogen and oxygen atoms in total. The van der Waals surface area contributed by atoms with Gasteiger partial charge in [-0.3, -0.25) is 9.59 Å². The smallest absolute Gasteiger partial charge is 0.216 e. The summed E-state index contributed by atoms with van der Waals surface area (Å²) >= 11 is 0. The number of benzene rings is 2. The Hall–Kier alpha value is -3.60. The van der Waals surface area contributed by atoms with Crippen molar-refractivity contribution in [2.45, 2.75) is 46.5 Å². The molecule has 2 aromatic carbocycles. The minimum atomic E-state index is -0.392. The molecule has 2 rings (SSSR count). The number of rotatable bonds is 8. The summed E-state index contributed by atoms with van der Waals surface area (Å²) < 4.78 is 12.3. The van der Waals surface area contributed by atoms with Crippen molar-refractivity contribution >= 4 is 18.0 Å². The number of hydrogen-bond acceptors (Lipinski definition) is 3. The van der Waals surface area contributed by atoms with Gasteiger partial charge < -0.3 is 10.1 Å². The summed E-state index contributed by atoms with van der Waals surface area (Å²) in [6.45, 7) is 10.8. The van der Waals surface area contributed by atoms with Crippen molar-refractivity contribution in [2.24, 2.45) is 5.92 Å². The SMILES string of the molecule is C=C/C=C(F)\C=C/CC=O.CC(C)C(=O)CC(C)c1ccccc1.CNC(C)=O.c1ccccc1. The third-order valence-electron chi connectivity index (χ3n) is 4.33. The van der Waals surface area contributed by atoms with Gasteiger partial charge in [-0.1, -0.05) is 106 Å². The minimum absolute atomic E-state index is 0.00463. The molecule has 0 fully saturated rings. The van der Waals surface area contributed by atoms with Crippen LogP contribution in [0.4, 0.5) is 4.39 Å². The van der Waals surface area contributed by atoms with Crippen LogP contribution in [0.3, 0.4) is 0 Å². The summed E-state index contributed by atoms with van der Waals surface area (Å²) in [4.78, 5) is 31.0. The average Bonchev–Trinajstić information content (AvgIpc) is 2.87. The molecule has 0 aliphatic carbocycles. The molecule has 0 aliphatic rings. The molecule has 1 atom stereocenters. The van der Waals surface area contributed by atoms with Gasteiger partial charge in [0, 0.05) is 32.7 Å². The molecule has 35 heavy (non-hydrogen) atoms. The van der Waals surface area contributed by atoms with E-state index in [4.69, 9.17) is 0 Å². The quantitative estimate of drug-likeness (QED) is 0.326. The highest BCUT2D eigenvalue weighted by molar-refractivity contribution is 5.81. The lowest BCUT2D eigenvalue weighted by molar-refractivity contribution is -0.122. The Morgan fingerprint density at radius 2 is 1.43 bits per heavy atom. The first-order valence-electron chi connectivity index (χ1n) is 11.5. The Morgan fingerprint density at radius 1 is 0.971 bits per heavy atom. The van der Waals surface area contributed by atoms with Crippen molar-refractivity contribution in [3.05, 3.63) is 109 Å². The van der Waals surface area contributed by atoms with Crippen molar-refractivity contribution < 1.29 is 18.8 Å². The van der Waals surface area contributed by atoms with E-state index >= 15 is 0 Å². The highest BCUT2D eigenvalue weighted by Gasteiger charge is 2.13. The number of amides is 1. The number of nitrogens with one attached hydrogen (secondary N) is 1. The fraction of sp³-hybridized carbons (Fsp3) is 0.300. The van der Waals surface area contributed by atoms with Crippen LogP contribution in [0.5, 0.6) is 0 Å². The zero-order valence-corrected chi connectivity index (χ0v) is 21.6. The Kier molecular flexibility index (Phi) is 22.6. The Labute approximate surface area is 210 Å². The van der Waals surface area contributed by atoms with E-state index in [0.29, 0.717) is 24.4 Å². The van der Waals surface area contributed by atoms with Gasteiger partial charge in [-0.05, 0) is 23.6 Å². The van der Waals surface area contributed by atoms with Gasteiger partial charge in [-0.15, -0.1) is 0 Å². The molecule has 0 saturated carbocycles. The van der Waals surface area contributed by atoms with E-state index in [0.717, 1.165) is 0 Å². The van der Waals surface area contributed by atoms with Crippen LogP contribution in [0.15, 0.2) is 103 Å². The molecule has 0 aliphatic heterocycles. The maximum Gasteiger partial charge on any atom is 0.216 e. The average molecular weight is 482 g/mol. The molecule has 0 bridgehead atoms. The second-order valence-corrected chi connectivity index (χ2v) is 7.69. The monoisotopic (exact) mass is 481 g/mol. The summed E-state index contributed by atoms with van der Waals surface area (Å²) in [7, 11) is 1.60. The van der Waals surface area contributed by atoms with Crippen molar-refractivity contribution in [3.63, 3.8) is 0 Å². The number of carbonyl (C=O) groups excluding carboxylic acids is 3. The van der Waals surface area contributed by atoms with Crippen LogP contribution >= 0.6 is 0 Å². The number of Topliss-reactive ketones (excluding diaryl/α,β-unsaturated/α-hetero) is 1. The van der Waals surface area contributed by atoms with Crippen molar-refractivity contribution in [3.8, 4) is 0 Å². The van der Waals surface area contributed by atoms with Gasteiger partial charge in [0.1, 0.15) is 17.9 Å². The lowest BCUT2D eigenvalue weighted by atomic mass is 9.92. The highest BCUT2D eigenvalue weighted by Crippen LogP contribution is 2.20. The molecule has 0 saturated heterocycles. The molecule has 1 N–H and O–H groups in total. The van der Waals surface area contributed by atoms with Gasteiger partial charge in [-0.25, -0.2) is 4.39 Å². The first-order chi connectivity index (χ1) is 16.7. The maximum atomic E-state index is 12.3. The van der Waals surface area contributed by atoms with E-state index in [9.17, 15) is 18.8 Å². The number of halogens is 1. The molecule has 0 aromatic heterocycles. The molecule has 1 unspecified atom stereocenters. The van der Waals surface area contributed by atoms with Crippen LogP contribution in [0.25, 0.3) is 0 Å². The van der Waals surface area contributed by atoms with Gasteiger partial charge >= 0.3 is 0 Å². The van der Waals surface area contributed by atoms with Gasteiger partial charge in [0.05, 0.1) is 0 Å². The first kappa shape index (κ1) is 33.6. The van der Waals surface area contributed by atoms with Gasteiger partial charge in [0.15, 0.2) is 0 Å². The minimum Gasteiger partial charge on any atom is -0.359 e. The van der Waals surface area contributed by atoms with Crippen LogP contribution < -0.4 is 5.32 Å². The second-order valence-electron chi connectivity index (χ2n) is 7.69. The fourth-order valence-corrected chi connectivity index (χ4v) is 2.23. The van der Waals surface area contributed by atoms with Crippen molar-refractivity contribution in [1.29, 1.82) is 0 Å². The summed E-state index contributed by atoms with van der Waals surface area (Å²) in [6.07, 6.45) is 6.86. The third-order valence-corrected chi connectivity index (χ3v) is 4.33. The third kappa shape index (κ3) is 23.4. The number of ketones is 1. The van der Waals surface area contributed by atoms with E-state index < -0.39 is 5.83 Å². The Morgan fingerprint density at radius 3 is 1.80 bits per heavy atom. The van der Waals surface area contributed by atoms with Crippen LogP contribution in [0, 0.1) is 5.92 Å². The predicted molar refractivity (Wildman–Crippen MR) is 145 cm³/mol. The molecule has 5 heteroatoms. The van der Waals surface area contributed by atoms with Crippen LogP contribution in [-0.4, -0.2) is 25.0 Å². The van der Waals surface area contributed by atoms with Gasteiger partial charge in [0.2, 0.25) is 5.91 Å². The highest BCUT2D eigenvalue weighted by atomic mass is 19.1. The largest absolute Gasteiger partial charge is 0.359 e. The summed E-state index contributed by atoms with van der Waals surface area (Å²) in [5.74, 6) is 0.454. The lowest BCUT2D eigenvalue weighted by Gasteiger charge is -2.12. The van der Waals surface area contributed by atoms with Crippen LogP contribution in [0.1, 0.15) is 52.0 Å². The molecule has 0 heterocycles. The lowest BCUT2D eigenvalue weighted by Crippen LogP contribution is -2.11. The molecular formula is C30H40FNO3. The maximum absolute atomic E-state index is 12.3. The normalized spacial score (nSPS) is 10.9. The number of allylic oxidation sites excluding steroid dienone is 5. The molecule has 0 radical (unpaired) electrons. The van der Waals surface area contributed by atoms with E-state index in [-0.39, 0.29) is 18.2 Å². The molecule has 2 aromatic rings. The number of aldehydes is 1. The zero-order chi connectivity index (χ0) is 26.9. The zero-order valence-electron chi connectivity index (χ0n) is 21.6. The van der Waals surface area contributed by atoms with Gasteiger partial charge in [-0.2, -0.15) is 0 Å². The summed E-state index contributed by atoms with van der Waals surface area (Å²) in [6, 6.07) is 22.2. The molecule has 1 amide bonds. The molecule has 190 valence electrons. The van der Waals surface area contributed by atoms with E-state index in [1.54, 1.807) is 7.05 Å². The molecule has 0 spiro atoms. The van der Waals surface area contributed by atoms with Crippen molar-refractivity contribution in [2.75, 3.05) is 7.05 Å². The Bertz CT molecular complexity index is 848. The van der Waals surface area contributed by atoms with Gasteiger partial charge in [0.25, 0.3) is 0 Å². The summed E-state index contributed by atoms with van der Waals surface area (Å²) in [5.41, 5.74) is 1.25. The van der Waals surface area contributed by atoms with E-state index in [1.165, 1.54) is 36.8 Å². The number of hydrogen-bond donors (Lipinski definition) is 1. The topological polar surface area (TPSA) is 63.2 Å². The van der Waals surface area contributed by atoms with E-state index in [2.05, 4.69) is 31.0 Å². The fourth-order valence-electron chi connectivity index (χ4n) is 2.23. The molecular weight excluding hydrogens is 441 g/mol. The van der Waals surface area contributed by atoms with Crippen LogP contribution in [0.2, 0.25) is 0 Å². The van der Waals surface area contributed by atoms with Crippen molar-refractivity contribution in [1.82, 2.24) is 5.32 Å². The second kappa shape index (κ2) is 23.6. The predicted octanol–water partition coefficient (Wildman–Crippen LogP) is 7.02. The Balaban J connectivity index is 0.